The van der Waals surface area contributed by atoms with Gasteiger partial charge in [0.05, 0.1) is 13.7 Å². The molecule has 112 valence electrons. The van der Waals surface area contributed by atoms with Gasteiger partial charge in [0, 0.05) is 18.0 Å². The summed E-state index contributed by atoms with van der Waals surface area (Å²) in [5, 5.41) is 3.39. The summed E-state index contributed by atoms with van der Waals surface area (Å²) >= 11 is 0. The Morgan fingerprint density at radius 1 is 1.40 bits per heavy atom. The highest BCUT2D eigenvalue weighted by atomic mass is 16.5. The number of aryl methyl sites for hydroxylation is 1. The van der Waals surface area contributed by atoms with Crippen molar-refractivity contribution in [3.63, 3.8) is 0 Å². The summed E-state index contributed by atoms with van der Waals surface area (Å²) < 4.78 is 10.4. The van der Waals surface area contributed by atoms with Gasteiger partial charge in [0.1, 0.15) is 5.75 Å². The van der Waals surface area contributed by atoms with Crippen molar-refractivity contribution in [3.05, 3.63) is 29.3 Å². The highest BCUT2D eigenvalue weighted by Gasteiger charge is 2.11. The third-order valence-corrected chi connectivity index (χ3v) is 3.16. The van der Waals surface area contributed by atoms with Gasteiger partial charge in [-0.2, -0.15) is 0 Å². The molecule has 1 rings (SSSR count). The van der Waals surface area contributed by atoms with Crippen molar-refractivity contribution in [2.75, 3.05) is 20.3 Å². The molecule has 0 aliphatic heterocycles. The van der Waals surface area contributed by atoms with Crippen LogP contribution in [0.2, 0.25) is 0 Å². The molecule has 0 saturated heterocycles. The van der Waals surface area contributed by atoms with E-state index in [-0.39, 0.29) is 12.0 Å². The van der Waals surface area contributed by atoms with Crippen LogP contribution in [0.4, 0.5) is 0 Å². The third-order valence-electron chi connectivity index (χ3n) is 3.16. The normalized spacial score (nSPS) is 12.0. The molecule has 0 saturated carbocycles. The molecule has 0 spiro atoms. The second-order valence-corrected chi connectivity index (χ2v) is 4.85. The van der Waals surface area contributed by atoms with Crippen LogP contribution in [0, 0.1) is 6.92 Å². The van der Waals surface area contributed by atoms with Crippen molar-refractivity contribution in [2.24, 2.45) is 0 Å². The summed E-state index contributed by atoms with van der Waals surface area (Å²) in [5.41, 5.74) is 2.32. The SMILES string of the molecule is CCNC(C)c1ccc(C)cc1OCCCC(=O)OC. The van der Waals surface area contributed by atoms with Crippen molar-refractivity contribution in [2.45, 2.75) is 39.7 Å². The van der Waals surface area contributed by atoms with Gasteiger partial charge in [0.2, 0.25) is 0 Å². The molecule has 0 radical (unpaired) electrons. The van der Waals surface area contributed by atoms with Gasteiger partial charge in [0.15, 0.2) is 0 Å². The Kier molecular flexibility index (Phi) is 7.09. The summed E-state index contributed by atoms with van der Waals surface area (Å²) in [6, 6.07) is 6.47. The summed E-state index contributed by atoms with van der Waals surface area (Å²) in [4.78, 5) is 11.0. The number of carbonyl (C=O) groups excluding carboxylic acids is 1. The maximum atomic E-state index is 11.0. The molecular formula is C16H25NO3. The number of rotatable bonds is 8. The number of nitrogens with one attached hydrogen (secondary N) is 1. The molecule has 1 N–H and O–H groups in total. The van der Waals surface area contributed by atoms with E-state index in [9.17, 15) is 4.79 Å². The van der Waals surface area contributed by atoms with Gasteiger partial charge in [-0.3, -0.25) is 4.79 Å². The second kappa shape index (κ2) is 8.59. The van der Waals surface area contributed by atoms with Gasteiger partial charge in [0.25, 0.3) is 0 Å². The minimum atomic E-state index is -0.195. The standard InChI is InChI=1S/C16H25NO3/c1-5-17-13(3)14-9-8-12(2)11-15(14)20-10-6-7-16(18)19-4/h8-9,11,13,17H,5-7,10H2,1-4H3. The summed E-state index contributed by atoms with van der Waals surface area (Å²) in [6.07, 6.45) is 1.05. The Balaban J connectivity index is 2.62. The molecule has 1 unspecified atom stereocenters. The summed E-state index contributed by atoms with van der Waals surface area (Å²) in [5.74, 6) is 0.697. The number of benzene rings is 1. The van der Waals surface area contributed by atoms with Crippen LogP contribution in [-0.2, 0) is 9.53 Å². The van der Waals surface area contributed by atoms with Crippen molar-refractivity contribution in [1.82, 2.24) is 5.32 Å². The molecule has 0 aliphatic carbocycles. The Morgan fingerprint density at radius 2 is 2.15 bits per heavy atom. The average Bonchev–Trinajstić information content (AvgIpc) is 2.43. The fourth-order valence-corrected chi connectivity index (χ4v) is 2.04. The molecule has 4 heteroatoms. The topological polar surface area (TPSA) is 47.6 Å². The number of carbonyl (C=O) groups is 1. The first-order chi connectivity index (χ1) is 9.58. The molecule has 1 aromatic rings. The molecule has 20 heavy (non-hydrogen) atoms. The monoisotopic (exact) mass is 279 g/mol. The van der Waals surface area contributed by atoms with E-state index in [2.05, 4.69) is 36.0 Å². The zero-order valence-electron chi connectivity index (χ0n) is 12.9. The number of hydrogen-bond acceptors (Lipinski definition) is 4. The van der Waals surface area contributed by atoms with E-state index in [4.69, 9.17) is 4.74 Å². The van der Waals surface area contributed by atoms with Gasteiger partial charge in [-0.15, -0.1) is 0 Å². The molecule has 0 amide bonds. The van der Waals surface area contributed by atoms with E-state index < -0.39 is 0 Å². The lowest BCUT2D eigenvalue weighted by Gasteiger charge is -2.18. The first-order valence-electron chi connectivity index (χ1n) is 7.12. The molecule has 1 aromatic carbocycles. The largest absolute Gasteiger partial charge is 0.493 e. The summed E-state index contributed by atoms with van der Waals surface area (Å²) in [7, 11) is 1.40. The smallest absolute Gasteiger partial charge is 0.305 e. The molecule has 0 bridgehead atoms. The molecule has 0 heterocycles. The van der Waals surface area contributed by atoms with Gasteiger partial charge in [-0.25, -0.2) is 0 Å². The van der Waals surface area contributed by atoms with Crippen LogP contribution in [0.5, 0.6) is 5.75 Å². The third kappa shape index (κ3) is 5.21. The number of hydrogen-bond donors (Lipinski definition) is 1. The first-order valence-corrected chi connectivity index (χ1v) is 7.12. The Labute approximate surface area is 121 Å². The Morgan fingerprint density at radius 3 is 2.80 bits per heavy atom. The fourth-order valence-electron chi connectivity index (χ4n) is 2.04. The van der Waals surface area contributed by atoms with E-state index >= 15 is 0 Å². The molecule has 0 aromatic heterocycles. The van der Waals surface area contributed by atoms with Gasteiger partial charge in [-0.05, 0) is 38.4 Å². The van der Waals surface area contributed by atoms with Crippen molar-refractivity contribution in [3.8, 4) is 5.75 Å². The lowest BCUT2D eigenvalue weighted by molar-refractivity contribution is -0.140. The van der Waals surface area contributed by atoms with Gasteiger partial charge >= 0.3 is 5.97 Å². The minimum Gasteiger partial charge on any atom is -0.493 e. The maximum Gasteiger partial charge on any atom is 0.305 e. The number of esters is 1. The van der Waals surface area contributed by atoms with Gasteiger partial charge in [-0.1, -0.05) is 19.1 Å². The van der Waals surface area contributed by atoms with Crippen molar-refractivity contribution >= 4 is 5.97 Å². The first kappa shape index (κ1) is 16.5. The van der Waals surface area contributed by atoms with Crippen LogP contribution in [0.15, 0.2) is 18.2 Å². The highest BCUT2D eigenvalue weighted by molar-refractivity contribution is 5.69. The highest BCUT2D eigenvalue weighted by Crippen LogP contribution is 2.26. The number of methoxy groups -OCH3 is 1. The Bertz CT molecular complexity index is 432. The van der Waals surface area contributed by atoms with E-state index in [1.54, 1.807) is 0 Å². The van der Waals surface area contributed by atoms with Gasteiger partial charge < -0.3 is 14.8 Å². The van der Waals surface area contributed by atoms with Crippen LogP contribution in [0.3, 0.4) is 0 Å². The van der Waals surface area contributed by atoms with Crippen molar-refractivity contribution < 1.29 is 14.3 Å². The molecule has 0 fully saturated rings. The summed E-state index contributed by atoms with van der Waals surface area (Å²) in [6.45, 7) is 7.68. The minimum absolute atomic E-state index is 0.195. The lowest BCUT2D eigenvalue weighted by Crippen LogP contribution is -2.18. The average molecular weight is 279 g/mol. The predicted molar refractivity (Wildman–Crippen MR) is 80.0 cm³/mol. The fraction of sp³-hybridized carbons (Fsp3) is 0.562. The van der Waals surface area contributed by atoms with E-state index in [1.807, 2.05) is 13.0 Å². The molecular weight excluding hydrogens is 254 g/mol. The second-order valence-electron chi connectivity index (χ2n) is 4.85. The Hall–Kier alpha value is -1.55. The quantitative estimate of drug-likeness (QED) is 0.587. The lowest BCUT2D eigenvalue weighted by atomic mass is 10.0. The zero-order chi connectivity index (χ0) is 15.0. The van der Waals surface area contributed by atoms with E-state index in [0.717, 1.165) is 17.9 Å². The maximum absolute atomic E-state index is 11.0. The van der Waals surface area contributed by atoms with Crippen LogP contribution in [0.25, 0.3) is 0 Å². The zero-order valence-corrected chi connectivity index (χ0v) is 12.9. The van der Waals surface area contributed by atoms with Crippen LogP contribution < -0.4 is 10.1 Å². The van der Waals surface area contributed by atoms with Crippen LogP contribution >= 0.6 is 0 Å². The van der Waals surface area contributed by atoms with E-state index in [0.29, 0.717) is 19.4 Å². The molecule has 0 aliphatic rings. The molecule has 1 atom stereocenters. The van der Waals surface area contributed by atoms with Crippen LogP contribution in [0.1, 0.15) is 43.9 Å². The van der Waals surface area contributed by atoms with E-state index in [1.165, 1.54) is 12.7 Å². The molecule has 4 nitrogen and oxygen atoms in total. The number of ether oxygens (including phenoxy) is 2. The van der Waals surface area contributed by atoms with Crippen molar-refractivity contribution in [1.29, 1.82) is 0 Å². The predicted octanol–water partition coefficient (Wildman–Crippen LogP) is 3.00. The van der Waals surface area contributed by atoms with Crippen LogP contribution in [-0.4, -0.2) is 26.2 Å².